The molecule has 2 saturated carbocycles. The Hall–Kier alpha value is -0.0400. The summed E-state index contributed by atoms with van der Waals surface area (Å²) >= 11 is 0. The van der Waals surface area contributed by atoms with Crippen LogP contribution in [-0.2, 0) is 0 Å². The summed E-state index contributed by atoms with van der Waals surface area (Å²) in [6.45, 7) is 3.28. The summed E-state index contributed by atoms with van der Waals surface area (Å²) in [5.74, 6) is 1.94. The van der Waals surface area contributed by atoms with E-state index < -0.39 is 0 Å². The molecule has 3 atom stereocenters. The first kappa shape index (κ1) is 10.5. The first-order valence-electron chi connectivity index (χ1n) is 6.53. The standard InChI is InChI=1S/C13H25N/c1-2-5-11-7-8-12-6-3-4-9-13(11,12)10-14/h11-12H,2-10,14H2,1H3. The van der Waals surface area contributed by atoms with E-state index in [1.165, 1.54) is 51.4 Å². The van der Waals surface area contributed by atoms with Crippen molar-refractivity contribution in [3.8, 4) is 0 Å². The lowest BCUT2D eigenvalue weighted by atomic mass is 9.63. The van der Waals surface area contributed by atoms with E-state index in [2.05, 4.69) is 6.92 Å². The van der Waals surface area contributed by atoms with Crippen LogP contribution in [0.1, 0.15) is 58.3 Å². The highest BCUT2D eigenvalue weighted by molar-refractivity contribution is 5.00. The molecular weight excluding hydrogens is 170 g/mol. The van der Waals surface area contributed by atoms with Crippen LogP contribution in [0, 0.1) is 17.3 Å². The average molecular weight is 195 g/mol. The van der Waals surface area contributed by atoms with E-state index >= 15 is 0 Å². The maximum absolute atomic E-state index is 6.10. The highest BCUT2D eigenvalue weighted by Crippen LogP contribution is 2.56. The Bertz CT molecular complexity index is 190. The van der Waals surface area contributed by atoms with E-state index in [1.807, 2.05) is 0 Å². The van der Waals surface area contributed by atoms with Gasteiger partial charge in [-0.3, -0.25) is 0 Å². The second-order valence-corrected chi connectivity index (χ2v) is 5.44. The number of rotatable bonds is 3. The van der Waals surface area contributed by atoms with Crippen molar-refractivity contribution in [2.75, 3.05) is 6.54 Å². The Kier molecular flexibility index (Phi) is 3.16. The molecule has 0 amide bonds. The van der Waals surface area contributed by atoms with Gasteiger partial charge in [-0.15, -0.1) is 0 Å². The summed E-state index contributed by atoms with van der Waals surface area (Å²) in [6, 6.07) is 0. The fourth-order valence-electron chi connectivity index (χ4n) is 4.21. The number of nitrogens with two attached hydrogens (primary N) is 1. The third-order valence-electron chi connectivity index (χ3n) is 4.95. The predicted molar refractivity (Wildman–Crippen MR) is 61.1 cm³/mol. The molecule has 82 valence electrons. The quantitative estimate of drug-likeness (QED) is 0.734. The molecule has 0 radical (unpaired) electrons. The van der Waals surface area contributed by atoms with E-state index in [0.29, 0.717) is 5.41 Å². The molecule has 0 heterocycles. The Morgan fingerprint density at radius 2 is 2.07 bits per heavy atom. The van der Waals surface area contributed by atoms with Crippen molar-refractivity contribution in [2.45, 2.75) is 58.3 Å². The van der Waals surface area contributed by atoms with Gasteiger partial charge >= 0.3 is 0 Å². The summed E-state index contributed by atoms with van der Waals surface area (Å²) in [5.41, 5.74) is 6.68. The minimum atomic E-state index is 0.578. The van der Waals surface area contributed by atoms with Gasteiger partial charge in [0.05, 0.1) is 0 Å². The topological polar surface area (TPSA) is 26.0 Å². The number of fused-ring (bicyclic) bond motifs is 1. The molecule has 0 bridgehead atoms. The van der Waals surface area contributed by atoms with Gasteiger partial charge in [0.15, 0.2) is 0 Å². The van der Waals surface area contributed by atoms with Crippen molar-refractivity contribution in [3.63, 3.8) is 0 Å². The highest BCUT2D eigenvalue weighted by atomic mass is 14.7. The summed E-state index contributed by atoms with van der Waals surface area (Å²) in [5, 5.41) is 0. The number of hydrogen-bond acceptors (Lipinski definition) is 1. The van der Waals surface area contributed by atoms with Crippen molar-refractivity contribution >= 4 is 0 Å². The zero-order valence-corrected chi connectivity index (χ0v) is 9.60. The molecule has 0 aliphatic heterocycles. The largest absolute Gasteiger partial charge is 0.330 e. The zero-order valence-electron chi connectivity index (χ0n) is 9.60. The first-order chi connectivity index (χ1) is 6.83. The van der Waals surface area contributed by atoms with E-state index in [9.17, 15) is 0 Å². The predicted octanol–water partition coefficient (Wildman–Crippen LogP) is 3.33. The van der Waals surface area contributed by atoms with Crippen LogP contribution in [0.5, 0.6) is 0 Å². The van der Waals surface area contributed by atoms with Crippen molar-refractivity contribution in [1.29, 1.82) is 0 Å². The lowest BCUT2D eigenvalue weighted by molar-refractivity contribution is 0.0817. The SMILES string of the molecule is CCCC1CCC2CCCCC12CN. The maximum atomic E-state index is 6.10. The van der Waals surface area contributed by atoms with Crippen LogP contribution in [0.3, 0.4) is 0 Å². The third kappa shape index (κ3) is 1.50. The van der Waals surface area contributed by atoms with E-state index in [1.54, 1.807) is 0 Å². The molecule has 14 heavy (non-hydrogen) atoms. The van der Waals surface area contributed by atoms with Crippen molar-refractivity contribution in [1.82, 2.24) is 0 Å². The van der Waals surface area contributed by atoms with Crippen LogP contribution in [0.25, 0.3) is 0 Å². The van der Waals surface area contributed by atoms with Crippen molar-refractivity contribution < 1.29 is 0 Å². The molecule has 2 fully saturated rings. The van der Waals surface area contributed by atoms with Gasteiger partial charge < -0.3 is 5.73 Å². The molecular formula is C13H25N. The molecule has 0 saturated heterocycles. The molecule has 2 rings (SSSR count). The average Bonchev–Trinajstić information content (AvgIpc) is 2.59. The summed E-state index contributed by atoms with van der Waals surface area (Å²) in [6.07, 6.45) is 11.5. The van der Waals surface area contributed by atoms with Gasteiger partial charge in [0.2, 0.25) is 0 Å². The minimum Gasteiger partial charge on any atom is -0.330 e. The summed E-state index contributed by atoms with van der Waals surface area (Å²) in [7, 11) is 0. The van der Waals surface area contributed by atoms with Gasteiger partial charge in [-0.25, -0.2) is 0 Å². The minimum absolute atomic E-state index is 0.578. The molecule has 1 heteroatoms. The van der Waals surface area contributed by atoms with Crippen LogP contribution in [0.15, 0.2) is 0 Å². The normalized spacial score (nSPS) is 42.4. The first-order valence-corrected chi connectivity index (χ1v) is 6.53. The molecule has 2 aliphatic rings. The van der Waals surface area contributed by atoms with Gasteiger partial charge in [-0.2, -0.15) is 0 Å². The van der Waals surface area contributed by atoms with E-state index in [4.69, 9.17) is 5.73 Å². The van der Waals surface area contributed by atoms with Gasteiger partial charge in [0, 0.05) is 0 Å². The van der Waals surface area contributed by atoms with E-state index in [0.717, 1.165) is 18.4 Å². The van der Waals surface area contributed by atoms with Crippen LogP contribution in [-0.4, -0.2) is 6.54 Å². The molecule has 0 spiro atoms. The maximum Gasteiger partial charge on any atom is -0.00152 e. The Morgan fingerprint density at radius 3 is 2.79 bits per heavy atom. The smallest absolute Gasteiger partial charge is 0.00152 e. The van der Waals surface area contributed by atoms with Crippen LogP contribution in [0.2, 0.25) is 0 Å². The molecule has 2 N–H and O–H groups in total. The Morgan fingerprint density at radius 1 is 1.21 bits per heavy atom. The second-order valence-electron chi connectivity index (χ2n) is 5.44. The molecule has 1 nitrogen and oxygen atoms in total. The Balaban J connectivity index is 2.12. The monoisotopic (exact) mass is 195 g/mol. The van der Waals surface area contributed by atoms with E-state index in [-0.39, 0.29) is 0 Å². The fourth-order valence-corrected chi connectivity index (χ4v) is 4.21. The fraction of sp³-hybridized carbons (Fsp3) is 1.00. The molecule has 3 unspecified atom stereocenters. The van der Waals surface area contributed by atoms with Gasteiger partial charge in [-0.05, 0) is 49.5 Å². The van der Waals surface area contributed by atoms with Gasteiger partial charge in [0.1, 0.15) is 0 Å². The summed E-state index contributed by atoms with van der Waals surface area (Å²) in [4.78, 5) is 0. The van der Waals surface area contributed by atoms with Gasteiger partial charge in [-0.1, -0.05) is 32.6 Å². The van der Waals surface area contributed by atoms with Crippen LogP contribution in [0.4, 0.5) is 0 Å². The third-order valence-corrected chi connectivity index (χ3v) is 4.95. The zero-order chi connectivity index (χ0) is 10.0. The molecule has 0 aromatic heterocycles. The van der Waals surface area contributed by atoms with Crippen LogP contribution < -0.4 is 5.73 Å². The molecule has 2 aliphatic carbocycles. The molecule has 0 aromatic rings. The summed E-state index contributed by atoms with van der Waals surface area (Å²) < 4.78 is 0. The van der Waals surface area contributed by atoms with Gasteiger partial charge in [0.25, 0.3) is 0 Å². The number of hydrogen-bond donors (Lipinski definition) is 1. The van der Waals surface area contributed by atoms with Crippen molar-refractivity contribution in [3.05, 3.63) is 0 Å². The lowest BCUT2D eigenvalue weighted by Crippen LogP contribution is -2.41. The lowest BCUT2D eigenvalue weighted by Gasteiger charge is -2.43. The Labute approximate surface area is 88.4 Å². The van der Waals surface area contributed by atoms with Crippen molar-refractivity contribution in [2.24, 2.45) is 23.0 Å². The second kappa shape index (κ2) is 4.22. The highest BCUT2D eigenvalue weighted by Gasteiger charge is 2.48. The molecule has 0 aromatic carbocycles. The van der Waals surface area contributed by atoms with Crippen LogP contribution >= 0.6 is 0 Å².